The van der Waals surface area contributed by atoms with Crippen LogP contribution in [0.1, 0.15) is 36.8 Å². The summed E-state index contributed by atoms with van der Waals surface area (Å²) >= 11 is 0. The topological polar surface area (TPSA) is 40.6 Å². The second-order valence-corrected chi connectivity index (χ2v) is 6.85. The molecule has 0 unspecified atom stereocenters. The Bertz CT molecular complexity index is 553. The van der Waals surface area contributed by atoms with Gasteiger partial charge in [-0.2, -0.15) is 0 Å². The van der Waals surface area contributed by atoms with Crippen molar-refractivity contribution in [3.05, 3.63) is 35.4 Å². The van der Waals surface area contributed by atoms with Crippen LogP contribution in [-0.2, 0) is 16.0 Å². The third-order valence-electron chi connectivity index (χ3n) is 5.09. The van der Waals surface area contributed by atoms with E-state index in [0.29, 0.717) is 12.3 Å². The molecule has 3 rings (SSSR count). The molecule has 2 saturated heterocycles. The fourth-order valence-corrected chi connectivity index (χ4v) is 3.56. The molecule has 2 amide bonds. The van der Waals surface area contributed by atoms with Crippen LogP contribution in [0.25, 0.3) is 0 Å². The molecule has 23 heavy (non-hydrogen) atoms. The lowest BCUT2D eigenvalue weighted by atomic mass is 9.95. The zero-order valence-corrected chi connectivity index (χ0v) is 14.0. The molecule has 0 saturated carbocycles. The molecule has 2 heterocycles. The van der Waals surface area contributed by atoms with Gasteiger partial charge in [0.05, 0.1) is 6.42 Å². The summed E-state index contributed by atoms with van der Waals surface area (Å²) in [5.41, 5.74) is 2.28. The predicted molar refractivity (Wildman–Crippen MR) is 90.0 cm³/mol. The van der Waals surface area contributed by atoms with Crippen LogP contribution in [0.3, 0.4) is 0 Å². The predicted octanol–water partition coefficient (Wildman–Crippen LogP) is 2.40. The summed E-state index contributed by atoms with van der Waals surface area (Å²) in [5, 5.41) is 0. The minimum atomic E-state index is 0.122. The minimum Gasteiger partial charge on any atom is -0.342 e. The molecule has 2 aliphatic rings. The number of piperidine rings is 1. The number of benzene rings is 1. The maximum atomic E-state index is 12.4. The first kappa shape index (κ1) is 16.0. The number of hydrogen-bond acceptors (Lipinski definition) is 2. The van der Waals surface area contributed by atoms with Crippen molar-refractivity contribution in [1.29, 1.82) is 0 Å². The number of amides is 2. The third-order valence-corrected chi connectivity index (χ3v) is 5.09. The molecule has 0 atom stereocenters. The lowest BCUT2D eigenvalue weighted by Crippen LogP contribution is -2.44. The van der Waals surface area contributed by atoms with Crippen molar-refractivity contribution in [2.45, 2.75) is 39.0 Å². The van der Waals surface area contributed by atoms with E-state index in [1.54, 1.807) is 0 Å². The molecule has 124 valence electrons. The zero-order chi connectivity index (χ0) is 16.2. The van der Waals surface area contributed by atoms with E-state index in [9.17, 15) is 9.59 Å². The fourth-order valence-electron chi connectivity index (χ4n) is 3.56. The van der Waals surface area contributed by atoms with Crippen LogP contribution in [0.15, 0.2) is 24.3 Å². The molecule has 1 aromatic rings. The van der Waals surface area contributed by atoms with Crippen LogP contribution in [-0.4, -0.2) is 47.8 Å². The quantitative estimate of drug-likeness (QED) is 0.859. The molecular weight excluding hydrogens is 288 g/mol. The number of hydrogen-bond donors (Lipinski definition) is 0. The SMILES string of the molecule is Cc1ccc(CC(=O)N2CCC(C(=O)N3CCCC3)CC2)cc1. The van der Waals surface area contributed by atoms with Crippen LogP contribution >= 0.6 is 0 Å². The lowest BCUT2D eigenvalue weighted by Gasteiger charge is -2.33. The smallest absolute Gasteiger partial charge is 0.226 e. The summed E-state index contributed by atoms with van der Waals surface area (Å²) in [7, 11) is 0. The monoisotopic (exact) mass is 314 g/mol. The van der Waals surface area contributed by atoms with Gasteiger partial charge in [0, 0.05) is 32.1 Å². The molecule has 4 heteroatoms. The number of rotatable bonds is 3. The first-order chi connectivity index (χ1) is 11.1. The van der Waals surface area contributed by atoms with Gasteiger partial charge in [0.1, 0.15) is 0 Å². The third kappa shape index (κ3) is 3.92. The standard InChI is InChI=1S/C19H26N2O2/c1-15-4-6-16(7-5-15)14-18(22)20-12-8-17(9-13-20)19(23)21-10-2-3-11-21/h4-7,17H,2-3,8-14H2,1H3. The van der Waals surface area contributed by atoms with E-state index in [2.05, 4.69) is 0 Å². The number of nitrogens with zero attached hydrogens (tertiary/aromatic N) is 2. The molecule has 2 fully saturated rings. The number of likely N-dealkylation sites (tertiary alicyclic amines) is 2. The Morgan fingerprint density at radius 1 is 0.957 bits per heavy atom. The number of carbonyl (C=O) groups is 2. The zero-order valence-electron chi connectivity index (χ0n) is 14.0. The molecule has 2 aliphatic heterocycles. The van der Waals surface area contributed by atoms with Crippen LogP contribution in [0.5, 0.6) is 0 Å². The van der Waals surface area contributed by atoms with Crippen molar-refractivity contribution in [1.82, 2.24) is 9.80 Å². The van der Waals surface area contributed by atoms with Crippen molar-refractivity contribution in [3.63, 3.8) is 0 Å². The van der Waals surface area contributed by atoms with Gasteiger partial charge >= 0.3 is 0 Å². The summed E-state index contributed by atoms with van der Waals surface area (Å²) in [5.74, 6) is 0.616. The Morgan fingerprint density at radius 3 is 2.17 bits per heavy atom. The summed E-state index contributed by atoms with van der Waals surface area (Å²) in [6.07, 6.45) is 4.37. The van der Waals surface area contributed by atoms with Crippen molar-refractivity contribution >= 4 is 11.8 Å². The Balaban J connectivity index is 1.49. The van der Waals surface area contributed by atoms with Gasteiger partial charge < -0.3 is 9.80 Å². The summed E-state index contributed by atoms with van der Waals surface area (Å²) < 4.78 is 0. The second kappa shape index (κ2) is 7.16. The summed E-state index contributed by atoms with van der Waals surface area (Å²) in [6.45, 7) is 5.33. The van der Waals surface area contributed by atoms with Gasteiger partial charge in [-0.15, -0.1) is 0 Å². The van der Waals surface area contributed by atoms with E-state index in [1.807, 2.05) is 41.0 Å². The van der Waals surface area contributed by atoms with Gasteiger partial charge in [0.15, 0.2) is 0 Å². The summed E-state index contributed by atoms with van der Waals surface area (Å²) in [4.78, 5) is 28.8. The molecule has 1 aromatic carbocycles. The Kier molecular flexibility index (Phi) is 4.99. The molecule has 0 N–H and O–H groups in total. The maximum absolute atomic E-state index is 12.4. The fraction of sp³-hybridized carbons (Fsp3) is 0.579. The molecular formula is C19H26N2O2. The first-order valence-corrected chi connectivity index (χ1v) is 8.75. The van der Waals surface area contributed by atoms with Crippen molar-refractivity contribution < 1.29 is 9.59 Å². The Labute approximate surface area is 138 Å². The van der Waals surface area contributed by atoms with Gasteiger partial charge in [-0.1, -0.05) is 29.8 Å². The van der Waals surface area contributed by atoms with Crippen LogP contribution in [0, 0.1) is 12.8 Å². The highest BCUT2D eigenvalue weighted by atomic mass is 16.2. The van der Waals surface area contributed by atoms with Gasteiger partial charge in [0.2, 0.25) is 11.8 Å². The van der Waals surface area contributed by atoms with E-state index < -0.39 is 0 Å². The lowest BCUT2D eigenvalue weighted by molar-refractivity contribution is -0.139. The van der Waals surface area contributed by atoms with E-state index in [-0.39, 0.29) is 11.8 Å². The Hall–Kier alpha value is -1.84. The van der Waals surface area contributed by atoms with E-state index in [1.165, 1.54) is 5.56 Å². The average molecular weight is 314 g/mol. The minimum absolute atomic E-state index is 0.122. The second-order valence-electron chi connectivity index (χ2n) is 6.85. The van der Waals surface area contributed by atoms with Crippen molar-refractivity contribution in [2.24, 2.45) is 5.92 Å². The highest BCUT2D eigenvalue weighted by Crippen LogP contribution is 2.22. The van der Waals surface area contributed by atoms with E-state index in [0.717, 1.165) is 57.4 Å². The largest absolute Gasteiger partial charge is 0.342 e. The van der Waals surface area contributed by atoms with E-state index >= 15 is 0 Å². The van der Waals surface area contributed by atoms with E-state index in [4.69, 9.17) is 0 Å². The maximum Gasteiger partial charge on any atom is 0.226 e. The van der Waals surface area contributed by atoms with Gasteiger partial charge in [-0.25, -0.2) is 0 Å². The molecule has 0 aliphatic carbocycles. The van der Waals surface area contributed by atoms with Crippen molar-refractivity contribution in [2.75, 3.05) is 26.2 Å². The first-order valence-electron chi connectivity index (χ1n) is 8.75. The molecule has 4 nitrogen and oxygen atoms in total. The van der Waals surface area contributed by atoms with Crippen LogP contribution < -0.4 is 0 Å². The Morgan fingerprint density at radius 2 is 1.57 bits per heavy atom. The van der Waals surface area contributed by atoms with Gasteiger partial charge in [0.25, 0.3) is 0 Å². The molecule has 0 bridgehead atoms. The highest BCUT2D eigenvalue weighted by molar-refractivity contribution is 5.81. The molecule has 0 aromatic heterocycles. The number of aryl methyl sites for hydroxylation is 1. The molecule has 0 spiro atoms. The molecule has 0 radical (unpaired) electrons. The normalized spacial score (nSPS) is 19.2. The van der Waals surface area contributed by atoms with Gasteiger partial charge in [-0.05, 0) is 38.2 Å². The number of carbonyl (C=O) groups excluding carboxylic acids is 2. The van der Waals surface area contributed by atoms with Gasteiger partial charge in [-0.3, -0.25) is 9.59 Å². The highest BCUT2D eigenvalue weighted by Gasteiger charge is 2.31. The van der Waals surface area contributed by atoms with Crippen LogP contribution in [0.2, 0.25) is 0 Å². The average Bonchev–Trinajstić information content (AvgIpc) is 3.11. The summed E-state index contributed by atoms with van der Waals surface area (Å²) in [6, 6.07) is 8.14. The van der Waals surface area contributed by atoms with Crippen molar-refractivity contribution in [3.8, 4) is 0 Å². The van der Waals surface area contributed by atoms with Crippen LogP contribution in [0.4, 0.5) is 0 Å².